The molecule has 44 heavy (non-hydrogen) atoms. The third-order valence-electron chi connectivity index (χ3n) is 9.47. The third kappa shape index (κ3) is 9.87. The van der Waals surface area contributed by atoms with Crippen LogP contribution in [0.4, 0.5) is 0 Å². The van der Waals surface area contributed by atoms with E-state index in [9.17, 15) is 50.8 Å². The van der Waals surface area contributed by atoms with Gasteiger partial charge in [0.1, 0.15) is 36.6 Å². The summed E-state index contributed by atoms with van der Waals surface area (Å²) >= 11 is 0. The highest BCUT2D eigenvalue weighted by Gasteiger charge is 2.73. The molecule has 12 heteroatoms. The van der Waals surface area contributed by atoms with E-state index in [1.807, 2.05) is 0 Å². The minimum atomic E-state index is -3.35. The van der Waals surface area contributed by atoms with Crippen LogP contribution in [-0.4, -0.2) is 125 Å². The number of ketones is 1. The molecule has 2 saturated heterocycles. The predicted molar refractivity (Wildman–Crippen MR) is 161 cm³/mol. The van der Waals surface area contributed by atoms with E-state index in [-0.39, 0.29) is 6.42 Å². The molecule has 0 saturated carbocycles. The second-order valence-corrected chi connectivity index (χ2v) is 12.9. The van der Waals surface area contributed by atoms with Crippen LogP contribution in [0.2, 0.25) is 0 Å². The molecule has 0 spiro atoms. The maximum absolute atomic E-state index is 13.2. The fraction of sp³-hybridized carbons (Fsp3) is 0.969. The van der Waals surface area contributed by atoms with Gasteiger partial charge < -0.3 is 55.4 Å². The van der Waals surface area contributed by atoms with Crippen LogP contribution in [0.5, 0.6) is 0 Å². The Morgan fingerprint density at radius 2 is 1.18 bits per heavy atom. The lowest BCUT2D eigenvalue weighted by atomic mass is 9.65. The summed E-state index contributed by atoms with van der Waals surface area (Å²) in [4.78, 5) is 13.2. The Bertz CT molecular complexity index is 801. The molecule has 0 radical (unpaired) electrons. The molecule has 0 aliphatic carbocycles. The molecule has 2 rings (SSSR count). The molecule has 0 aromatic carbocycles. The lowest BCUT2D eigenvalue weighted by Gasteiger charge is -2.58. The minimum absolute atomic E-state index is 0.00126. The summed E-state index contributed by atoms with van der Waals surface area (Å²) in [7, 11) is 0. The van der Waals surface area contributed by atoms with Gasteiger partial charge in [0.25, 0.3) is 0 Å². The molecule has 0 amide bonds. The molecule has 2 aliphatic rings. The van der Waals surface area contributed by atoms with Crippen LogP contribution in [0, 0.1) is 0 Å². The largest absolute Gasteiger partial charge is 0.394 e. The van der Waals surface area contributed by atoms with Crippen molar-refractivity contribution in [3.8, 4) is 0 Å². The summed E-state index contributed by atoms with van der Waals surface area (Å²) < 4.78 is 10.2. The fourth-order valence-electron chi connectivity index (χ4n) is 6.53. The van der Waals surface area contributed by atoms with Crippen molar-refractivity contribution >= 4 is 5.78 Å². The third-order valence-corrected chi connectivity index (χ3v) is 9.47. The number of carbonyl (C=O) groups is 1. The van der Waals surface area contributed by atoms with E-state index < -0.39 is 79.2 Å². The maximum Gasteiger partial charge on any atom is 0.193 e. The zero-order chi connectivity index (χ0) is 32.8. The Balaban J connectivity index is 1.74. The van der Waals surface area contributed by atoms with E-state index in [4.69, 9.17) is 9.47 Å². The number of hydrogen-bond donors (Lipinski definition) is 9. The Hall–Kier alpha value is -0.770. The van der Waals surface area contributed by atoms with Crippen molar-refractivity contribution in [2.45, 2.75) is 183 Å². The Kier molecular flexibility index (Phi) is 17.7. The van der Waals surface area contributed by atoms with E-state index in [0.29, 0.717) is 6.42 Å². The first-order chi connectivity index (χ1) is 21.0. The van der Waals surface area contributed by atoms with Crippen molar-refractivity contribution in [3.63, 3.8) is 0 Å². The summed E-state index contributed by atoms with van der Waals surface area (Å²) in [5.41, 5.74) is -6.66. The molecule has 9 N–H and O–H groups in total. The summed E-state index contributed by atoms with van der Waals surface area (Å²) in [6.45, 7) is 0.714. The van der Waals surface area contributed by atoms with Crippen LogP contribution < -0.4 is 0 Å². The normalized spacial score (nSPS) is 35.1. The van der Waals surface area contributed by atoms with Crippen molar-refractivity contribution in [2.75, 3.05) is 13.2 Å². The number of aliphatic hydroxyl groups excluding tert-OH is 7. The average molecular weight is 637 g/mol. The number of carbonyl (C=O) groups excluding carboxylic acids is 1. The molecule has 1 unspecified atom stereocenters. The van der Waals surface area contributed by atoms with Gasteiger partial charge in [-0.15, -0.1) is 0 Å². The van der Waals surface area contributed by atoms with Crippen LogP contribution in [0.3, 0.4) is 0 Å². The summed E-state index contributed by atoms with van der Waals surface area (Å²) in [6, 6.07) is 0. The van der Waals surface area contributed by atoms with Crippen LogP contribution in [0.15, 0.2) is 0 Å². The van der Waals surface area contributed by atoms with Crippen molar-refractivity contribution in [1.29, 1.82) is 0 Å². The maximum atomic E-state index is 13.2. The number of ether oxygens (including phenoxy) is 2. The highest BCUT2D eigenvalue weighted by Crippen LogP contribution is 2.45. The number of hydrogen-bond acceptors (Lipinski definition) is 12. The number of Topliss-reactive ketones (excluding diaryl/α,β-unsaturated/α-hetero) is 1. The van der Waals surface area contributed by atoms with Crippen LogP contribution in [-0.2, 0) is 14.3 Å². The van der Waals surface area contributed by atoms with Gasteiger partial charge in [-0.1, -0.05) is 116 Å². The molecule has 260 valence electrons. The standard InChI is InChI=1S/C32H60O12/c1-2-3-4-5-6-7-8-9-10-11-12-13-14-15-16-17-18-19-22(34)25(36)29-31(41,27(38)23(35)21-43-29)32(42)28(39)26(37)24(20-33)44-30(32)40/h22-24,26-30,33-35,37-42H,2-21H2,1H3/t22?,23-,24-,26-,27-,28+,29-,30+,31-,32+/m1/s1. The van der Waals surface area contributed by atoms with Crippen LogP contribution in [0.1, 0.15) is 122 Å². The van der Waals surface area contributed by atoms with Gasteiger partial charge in [0.05, 0.1) is 13.2 Å². The SMILES string of the molecule is CCCCCCCCCCCCCCCCCCCC(O)C(=O)[C@H]1OC[C@@H](O)[C@@H](O)[C@]1(O)[C@@]1(O)[C@@H](O)O[C@H](CO)[C@@H](O)[C@@H]1O. The molecule has 2 aliphatic heterocycles. The van der Waals surface area contributed by atoms with Crippen molar-refractivity contribution < 1.29 is 60.2 Å². The minimum Gasteiger partial charge on any atom is -0.394 e. The van der Waals surface area contributed by atoms with Gasteiger partial charge in [0.15, 0.2) is 29.4 Å². The summed E-state index contributed by atoms with van der Waals surface area (Å²) in [6.07, 6.45) is 3.35. The molecular weight excluding hydrogens is 576 g/mol. The quantitative estimate of drug-likeness (QED) is 0.0760. The first-order valence-electron chi connectivity index (χ1n) is 16.9. The van der Waals surface area contributed by atoms with Gasteiger partial charge in [-0.05, 0) is 6.42 Å². The molecule has 12 nitrogen and oxygen atoms in total. The number of aliphatic hydroxyl groups is 9. The first kappa shape index (κ1) is 39.4. The Morgan fingerprint density at radius 1 is 0.727 bits per heavy atom. The van der Waals surface area contributed by atoms with Gasteiger partial charge in [-0.2, -0.15) is 0 Å². The number of unbranched alkanes of at least 4 members (excludes halogenated alkanes) is 16. The molecule has 0 aromatic rings. The highest BCUT2D eigenvalue weighted by atomic mass is 16.7. The molecule has 0 bridgehead atoms. The highest BCUT2D eigenvalue weighted by molar-refractivity contribution is 5.89. The zero-order valence-corrected chi connectivity index (χ0v) is 26.5. The Labute approximate surface area is 262 Å². The van der Waals surface area contributed by atoms with E-state index in [0.717, 1.165) is 25.7 Å². The fourth-order valence-corrected chi connectivity index (χ4v) is 6.53. The van der Waals surface area contributed by atoms with E-state index in [1.54, 1.807) is 0 Å². The van der Waals surface area contributed by atoms with E-state index >= 15 is 0 Å². The van der Waals surface area contributed by atoms with Gasteiger partial charge >= 0.3 is 0 Å². The topological polar surface area (TPSA) is 218 Å². The lowest BCUT2D eigenvalue weighted by Crippen LogP contribution is -2.84. The predicted octanol–water partition coefficient (Wildman–Crippen LogP) is 0.972. The molecular formula is C32H60O12. The van der Waals surface area contributed by atoms with Crippen molar-refractivity contribution in [3.05, 3.63) is 0 Å². The van der Waals surface area contributed by atoms with Crippen molar-refractivity contribution in [1.82, 2.24) is 0 Å². The van der Waals surface area contributed by atoms with E-state index in [1.165, 1.54) is 77.0 Å². The monoisotopic (exact) mass is 636 g/mol. The second kappa shape index (κ2) is 19.8. The van der Waals surface area contributed by atoms with Gasteiger partial charge in [0, 0.05) is 0 Å². The number of rotatable bonds is 22. The lowest BCUT2D eigenvalue weighted by molar-refractivity contribution is -0.402. The van der Waals surface area contributed by atoms with Gasteiger partial charge in [0.2, 0.25) is 0 Å². The first-order valence-corrected chi connectivity index (χ1v) is 16.9. The molecule has 10 atom stereocenters. The summed E-state index contributed by atoms with van der Waals surface area (Å²) in [5, 5.41) is 95.1. The molecule has 2 fully saturated rings. The summed E-state index contributed by atoms with van der Waals surface area (Å²) in [5.74, 6) is -1.14. The van der Waals surface area contributed by atoms with Gasteiger partial charge in [-0.25, -0.2) is 0 Å². The van der Waals surface area contributed by atoms with Gasteiger partial charge in [-0.3, -0.25) is 4.79 Å². The molecule has 0 aromatic heterocycles. The second-order valence-electron chi connectivity index (χ2n) is 12.9. The van der Waals surface area contributed by atoms with Crippen LogP contribution in [0.25, 0.3) is 0 Å². The van der Waals surface area contributed by atoms with E-state index in [2.05, 4.69) is 6.92 Å². The van der Waals surface area contributed by atoms with Crippen LogP contribution >= 0.6 is 0 Å². The average Bonchev–Trinajstić information content (AvgIpc) is 3.01. The molecule has 2 heterocycles. The van der Waals surface area contributed by atoms with Crippen molar-refractivity contribution in [2.24, 2.45) is 0 Å². The Morgan fingerprint density at radius 3 is 1.64 bits per heavy atom. The zero-order valence-electron chi connectivity index (χ0n) is 26.5. The smallest absolute Gasteiger partial charge is 0.193 e.